The summed E-state index contributed by atoms with van der Waals surface area (Å²) in [6, 6.07) is 0. The molecule has 0 saturated heterocycles. The molecule has 0 aromatic carbocycles. The Balaban J connectivity index is -0.000000411. The van der Waals surface area contributed by atoms with Crippen molar-refractivity contribution in [3.05, 3.63) is 10.9 Å². The minimum Gasteiger partial charge on any atom is -0.520 e. The van der Waals surface area contributed by atoms with Gasteiger partial charge in [-0.15, -0.1) is 0 Å². The molecule has 163 valence electrons. The fourth-order valence-electron chi connectivity index (χ4n) is 1.91. The Morgan fingerprint density at radius 3 is 1.11 bits per heavy atom. The molecule has 0 aliphatic heterocycles. The van der Waals surface area contributed by atoms with Crippen LogP contribution in [0.15, 0.2) is 10.2 Å². The van der Waals surface area contributed by atoms with Crippen LogP contribution in [-0.2, 0) is 41.5 Å². The van der Waals surface area contributed by atoms with Crippen LogP contribution in [0.4, 0.5) is 0 Å². The second-order valence-electron chi connectivity index (χ2n) is 5.51. The number of hydrogen-bond acceptors (Lipinski definition) is 4. The summed E-state index contributed by atoms with van der Waals surface area (Å²) in [7, 11) is 0. The smallest absolute Gasteiger partial charge is 0.174 e. The van der Waals surface area contributed by atoms with Gasteiger partial charge in [0.15, 0.2) is 33.1 Å². The Morgan fingerprint density at radius 2 is 0.926 bits per heavy atom. The van der Waals surface area contributed by atoms with E-state index in [-0.39, 0.29) is 17.1 Å². The van der Waals surface area contributed by atoms with Crippen LogP contribution in [0, 0.1) is 0 Å². The van der Waals surface area contributed by atoms with Gasteiger partial charge in [-0.25, -0.2) is 0 Å². The van der Waals surface area contributed by atoms with Gasteiger partial charge < -0.3 is 21.1 Å². The normalized spacial score (nSPS) is 9.11. The standard InChI is InChI=1S/2C9H18N2S2.Cu/c2*1-4-6-8(7-5-2)10-11-9(12)13-3;/h2*4-7H2,1-3H3,(H,11,12);. The number of thiol groups is 2. The molecule has 0 spiro atoms. The Hall–Kier alpha value is 0.339. The van der Waals surface area contributed by atoms with Crippen LogP contribution in [0.2, 0.25) is 0 Å². The summed E-state index contributed by atoms with van der Waals surface area (Å²) >= 11 is 11.3. The van der Waals surface area contributed by atoms with Gasteiger partial charge in [0.05, 0.1) is 0 Å². The topological polar surface area (TPSA) is 52.9 Å². The molecule has 0 amide bonds. The van der Waals surface area contributed by atoms with E-state index in [0.29, 0.717) is 0 Å². The fourth-order valence-corrected chi connectivity index (χ4v) is 2.25. The molecule has 0 aliphatic carbocycles. The van der Waals surface area contributed by atoms with Crippen molar-refractivity contribution in [2.24, 2.45) is 10.2 Å². The van der Waals surface area contributed by atoms with Gasteiger partial charge in [-0.1, -0.05) is 76.9 Å². The van der Waals surface area contributed by atoms with Crippen LogP contribution >= 0.6 is 23.5 Å². The molecule has 0 saturated carbocycles. The van der Waals surface area contributed by atoms with Crippen molar-refractivity contribution in [3.8, 4) is 0 Å². The average Bonchev–Trinajstić information content (AvgIpc) is 2.64. The van der Waals surface area contributed by atoms with Crippen molar-refractivity contribution >= 4 is 68.0 Å². The molecule has 0 aromatic heterocycles. The van der Waals surface area contributed by atoms with Crippen molar-refractivity contribution < 1.29 is 17.1 Å². The second kappa shape index (κ2) is 24.4. The molecule has 0 rings (SSSR count). The van der Waals surface area contributed by atoms with E-state index in [1.54, 1.807) is 0 Å². The fraction of sp³-hybridized carbons (Fsp3) is 0.778. The molecular formula is C18H36CuN4S4. The zero-order valence-electron chi connectivity index (χ0n) is 17.5. The number of rotatable bonds is 10. The van der Waals surface area contributed by atoms with Crippen LogP contribution < -0.4 is 0 Å². The molecule has 0 bridgehead atoms. The first kappa shape index (κ1) is 32.0. The quantitative estimate of drug-likeness (QED) is 0.0911. The predicted molar refractivity (Wildman–Crippen MR) is 136 cm³/mol. The third kappa shape index (κ3) is 22.5. The van der Waals surface area contributed by atoms with E-state index in [0.717, 1.165) is 60.0 Å². The molecule has 27 heavy (non-hydrogen) atoms. The molecule has 0 aromatic rings. The van der Waals surface area contributed by atoms with Gasteiger partial charge in [-0.05, 0) is 49.6 Å². The van der Waals surface area contributed by atoms with E-state index < -0.39 is 0 Å². The summed E-state index contributed by atoms with van der Waals surface area (Å²) < 4.78 is 1.45. The second-order valence-corrected chi connectivity index (χ2v) is 8.55. The van der Waals surface area contributed by atoms with Crippen molar-refractivity contribution in [2.75, 3.05) is 12.5 Å². The molecule has 9 heteroatoms. The maximum absolute atomic E-state index is 4.18. The van der Waals surface area contributed by atoms with Gasteiger partial charge in [0, 0.05) is 17.1 Å². The summed E-state index contributed by atoms with van der Waals surface area (Å²) in [6.07, 6.45) is 12.6. The first-order chi connectivity index (χ1) is 12.5. The molecule has 0 N–H and O–H groups in total. The van der Waals surface area contributed by atoms with Crippen LogP contribution in [0.1, 0.15) is 79.1 Å². The van der Waals surface area contributed by atoms with Crippen LogP contribution in [0.3, 0.4) is 0 Å². The third-order valence-corrected chi connectivity index (χ3v) is 5.24. The van der Waals surface area contributed by atoms with E-state index in [1.807, 2.05) is 12.5 Å². The third-order valence-electron chi connectivity index (χ3n) is 3.07. The average molecular weight is 500 g/mol. The van der Waals surface area contributed by atoms with E-state index in [9.17, 15) is 0 Å². The van der Waals surface area contributed by atoms with Crippen LogP contribution in [0.5, 0.6) is 0 Å². The van der Waals surface area contributed by atoms with Crippen LogP contribution in [0.25, 0.3) is 10.9 Å². The van der Waals surface area contributed by atoms with Crippen molar-refractivity contribution in [2.45, 2.75) is 79.1 Å². The van der Waals surface area contributed by atoms with Gasteiger partial charge in [-0.2, -0.15) is 0 Å². The SMILES string of the molecule is CCCC(CCC)=N[N-]C(=[SH+])SC.CCCC(CCC)=N[N-]C(=[SH+])SC.[Cu]. The Labute approximate surface area is 196 Å². The summed E-state index contributed by atoms with van der Waals surface area (Å²) in [5, 5.41) is 8.36. The van der Waals surface area contributed by atoms with Crippen molar-refractivity contribution in [1.29, 1.82) is 0 Å². The van der Waals surface area contributed by atoms with Crippen molar-refractivity contribution in [1.82, 2.24) is 0 Å². The molecule has 0 heterocycles. The Bertz CT molecular complexity index is 387. The van der Waals surface area contributed by atoms with E-state index in [2.05, 4.69) is 73.2 Å². The monoisotopic (exact) mass is 499 g/mol. The molecule has 0 atom stereocenters. The van der Waals surface area contributed by atoms with Gasteiger partial charge in [0.25, 0.3) is 0 Å². The minimum atomic E-state index is 0. The first-order valence-electron chi connectivity index (χ1n) is 9.21. The van der Waals surface area contributed by atoms with E-state index in [1.165, 1.54) is 34.9 Å². The zero-order chi connectivity index (χ0) is 20.2. The van der Waals surface area contributed by atoms with E-state index >= 15 is 0 Å². The first-order valence-corrected chi connectivity index (χ1v) is 12.6. The maximum Gasteiger partial charge on any atom is 0.174 e. The molecule has 4 nitrogen and oxygen atoms in total. The maximum atomic E-state index is 4.18. The number of nitrogens with zero attached hydrogens (tertiary/aromatic N) is 4. The minimum absolute atomic E-state index is 0. The van der Waals surface area contributed by atoms with E-state index in [4.69, 9.17) is 0 Å². The summed E-state index contributed by atoms with van der Waals surface area (Å²) in [4.78, 5) is 0. The zero-order valence-corrected chi connectivity index (χ0v) is 21.8. The summed E-state index contributed by atoms with van der Waals surface area (Å²) in [5.74, 6) is 0. The van der Waals surface area contributed by atoms with Gasteiger partial charge in [0.1, 0.15) is 0 Å². The van der Waals surface area contributed by atoms with Gasteiger partial charge in [0.2, 0.25) is 0 Å². The number of thioether (sulfide) groups is 2. The Morgan fingerprint density at radius 1 is 0.667 bits per heavy atom. The predicted octanol–water partition coefficient (Wildman–Crippen LogP) is 6.09. The summed E-state index contributed by atoms with van der Waals surface area (Å²) in [6.45, 7) is 8.63. The Kier molecular flexibility index (Phi) is 28.9. The molecule has 0 fully saturated rings. The van der Waals surface area contributed by atoms with Gasteiger partial charge >= 0.3 is 0 Å². The van der Waals surface area contributed by atoms with Crippen LogP contribution in [-0.4, -0.2) is 32.6 Å². The van der Waals surface area contributed by atoms with Gasteiger partial charge in [-0.3, -0.25) is 0 Å². The van der Waals surface area contributed by atoms with Crippen molar-refractivity contribution in [3.63, 3.8) is 0 Å². The molecule has 0 unspecified atom stereocenters. The molecule has 0 aliphatic rings. The number of hydrogen-bond donors (Lipinski definition) is 0. The molecular weight excluding hydrogens is 464 g/mol. The molecule has 1 radical (unpaired) electrons. The summed E-state index contributed by atoms with van der Waals surface area (Å²) in [5.41, 5.74) is 10.4. The largest absolute Gasteiger partial charge is 0.520 e.